The number of hydrogen-bond acceptors (Lipinski definition) is 3. The minimum absolute atomic E-state index is 0.0134. The van der Waals surface area contributed by atoms with Crippen molar-refractivity contribution in [2.24, 2.45) is 0 Å². The molecule has 0 bridgehead atoms. The van der Waals surface area contributed by atoms with E-state index in [1.165, 1.54) is 23.2 Å². The number of carbonyl (C=O) groups is 1. The summed E-state index contributed by atoms with van der Waals surface area (Å²) in [4.78, 5) is 18.8. The molecule has 5 nitrogen and oxygen atoms in total. The van der Waals surface area contributed by atoms with Crippen molar-refractivity contribution >= 4 is 11.6 Å². The average molecular weight is 374 g/mol. The molecular formula is C23H26N4O. The molecule has 2 heterocycles. The number of anilines is 1. The standard InChI is InChI=1S/C23H26N4O/c28-23(25-12-4-14-26-16-13-24-18-26)21-10-8-19(9-11-21)17-27-15-3-6-20-5-1-2-7-22(20)27/h1-2,5,7-11,13,16,18H,3-4,6,12,14-15,17H2,(H,25,28). The van der Waals surface area contributed by atoms with Crippen LogP contribution in [-0.4, -0.2) is 28.5 Å². The first-order valence-corrected chi connectivity index (χ1v) is 9.95. The van der Waals surface area contributed by atoms with E-state index in [0.717, 1.165) is 32.5 Å². The van der Waals surface area contributed by atoms with Crippen molar-refractivity contribution in [3.8, 4) is 0 Å². The van der Waals surface area contributed by atoms with E-state index in [4.69, 9.17) is 0 Å². The number of nitrogens with one attached hydrogen (secondary N) is 1. The van der Waals surface area contributed by atoms with Gasteiger partial charge in [0.2, 0.25) is 0 Å². The molecule has 1 amide bonds. The van der Waals surface area contributed by atoms with E-state index < -0.39 is 0 Å². The van der Waals surface area contributed by atoms with E-state index in [2.05, 4.69) is 51.6 Å². The van der Waals surface area contributed by atoms with Gasteiger partial charge in [-0.2, -0.15) is 0 Å². The zero-order chi connectivity index (χ0) is 19.2. The number of aromatic nitrogens is 2. The lowest BCUT2D eigenvalue weighted by atomic mass is 10.0. The number of aryl methyl sites for hydroxylation is 2. The van der Waals surface area contributed by atoms with Crippen molar-refractivity contribution in [1.29, 1.82) is 0 Å². The number of nitrogens with zero attached hydrogens (tertiary/aromatic N) is 3. The van der Waals surface area contributed by atoms with Gasteiger partial charge in [0.05, 0.1) is 6.33 Å². The van der Waals surface area contributed by atoms with E-state index in [9.17, 15) is 4.79 Å². The van der Waals surface area contributed by atoms with Crippen LogP contribution in [0.4, 0.5) is 5.69 Å². The summed E-state index contributed by atoms with van der Waals surface area (Å²) in [6.07, 6.45) is 8.73. The molecule has 1 aromatic heterocycles. The van der Waals surface area contributed by atoms with Crippen molar-refractivity contribution in [3.63, 3.8) is 0 Å². The van der Waals surface area contributed by atoms with Crippen LogP contribution in [0.1, 0.15) is 34.3 Å². The monoisotopic (exact) mass is 374 g/mol. The summed E-state index contributed by atoms with van der Waals surface area (Å²) < 4.78 is 2.01. The summed E-state index contributed by atoms with van der Waals surface area (Å²) >= 11 is 0. The molecule has 1 aliphatic rings. The van der Waals surface area contributed by atoms with Gasteiger partial charge in [-0.05, 0) is 48.6 Å². The molecule has 2 aromatic carbocycles. The van der Waals surface area contributed by atoms with Crippen molar-refractivity contribution in [3.05, 3.63) is 83.9 Å². The topological polar surface area (TPSA) is 50.2 Å². The molecule has 1 N–H and O–H groups in total. The van der Waals surface area contributed by atoms with E-state index in [1.54, 1.807) is 12.5 Å². The van der Waals surface area contributed by atoms with Crippen LogP contribution >= 0.6 is 0 Å². The van der Waals surface area contributed by atoms with Crippen molar-refractivity contribution < 1.29 is 4.79 Å². The second-order valence-electron chi connectivity index (χ2n) is 7.26. The van der Waals surface area contributed by atoms with Crippen LogP contribution in [0, 0.1) is 0 Å². The molecule has 0 unspecified atom stereocenters. The van der Waals surface area contributed by atoms with Crippen LogP contribution in [0.5, 0.6) is 0 Å². The summed E-state index contributed by atoms with van der Waals surface area (Å²) in [6.45, 7) is 3.47. The Bertz CT molecular complexity index is 903. The van der Waals surface area contributed by atoms with Crippen LogP contribution in [0.3, 0.4) is 0 Å². The van der Waals surface area contributed by atoms with E-state index >= 15 is 0 Å². The summed E-state index contributed by atoms with van der Waals surface area (Å²) in [5, 5.41) is 2.99. The first-order valence-electron chi connectivity index (χ1n) is 9.95. The Labute approximate surface area is 166 Å². The predicted octanol–water partition coefficient (Wildman–Crippen LogP) is 3.66. The number of benzene rings is 2. The highest BCUT2D eigenvalue weighted by molar-refractivity contribution is 5.94. The van der Waals surface area contributed by atoms with Gasteiger partial charge in [-0.15, -0.1) is 0 Å². The summed E-state index contributed by atoms with van der Waals surface area (Å²) in [5.41, 5.74) is 4.72. The highest BCUT2D eigenvalue weighted by Gasteiger charge is 2.16. The lowest BCUT2D eigenvalue weighted by molar-refractivity contribution is 0.0952. The fourth-order valence-corrected chi connectivity index (χ4v) is 3.74. The molecule has 0 saturated carbocycles. The van der Waals surface area contributed by atoms with Crippen molar-refractivity contribution in [2.45, 2.75) is 32.4 Å². The Balaban J connectivity index is 1.29. The fraction of sp³-hybridized carbons (Fsp3) is 0.304. The van der Waals surface area contributed by atoms with Crippen molar-refractivity contribution in [1.82, 2.24) is 14.9 Å². The molecule has 5 heteroatoms. The molecule has 144 valence electrons. The first kappa shape index (κ1) is 18.3. The van der Waals surface area contributed by atoms with Gasteiger partial charge < -0.3 is 14.8 Å². The summed E-state index contributed by atoms with van der Waals surface area (Å²) in [7, 11) is 0. The fourth-order valence-electron chi connectivity index (χ4n) is 3.74. The number of hydrogen-bond donors (Lipinski definition) is 1. The quantitative estimate of drug-likeness (QED) is 0.642. The number of imidazole rings is 1. The third-order valence-corrected chi connectivity index (χ3v) is 5.23. The summed E-state index contributed by atoms with van der Waals surface area (Å²) in [6, 6.07) is 16.6. The molecule has 0 spiro atoms. The van der Waals surface area contributed by atoms with Gasteiger partial charge in [0.25, 0.3) is 5.91 Å². The number of fused-ring (bicyclic) bond motifs is 1. The molecule has 0 fully saturated rings. The number of amides is 1. The second kappa shape index (κ2) is 8.74. The Hall–Kier alpha value is -3.08. The number of para-hydroxylation sites is 1. The molecule has 3 aromatic rings. The third kappa shape index (κ3) is 4.42. The smallest absolute Gasteiger partial charge is 0.251 e. The third-order valence-electron chi connectivity index (χ3n) is 5.23. The lowest BCUT2D eigenvalue weighted by Gasteiger charge is -2.31. The zero-order valence-corrected chi connectivity index (χ0v) is 16.1. The van der Waals surface area contributed by atoms with E-state index in [0.29, 0.717) is 12.1 Å². The highest BCUT2D eigenvalue weighted by atomic mass is 16.1. The van der Waals surface area contributed by atoms with Crippen LogP contribution in [-0.2, 0) is 19.5 Å². The Morgan fingerprint density at radius 1 is 1.11 bits per heavy atom. The molecule has 0 radical (unpaired) electrons. The summed E-state index contributed by atoms with van der Waals surface area (Å²) in [5.74, 6) is -0.0134. The van der Waals surface area contributed by atoms with Crippen LogP contribution in [0.2, 0.25) is 0 Å². The highest BCUT2D eigenvalue weighted by Crippen LogP contribution is 2.28. The van der Waals surface area contributed by atoms with Gasteiger partial charge in [0, 0.05) is 49.8 Å². The largest absolute Gasteiger partial charge is 0.367 e. The molecule has 0 saturated heterocycles. The Morgan fingerprint density at radius 3 is 2.79 bits per heavy atom. The van der Waals surface area contributed by atoms with Crippen LogP contribution < -0.4 is 10.2 Å². The van der Waals surface area contributed by atoms with Gasteiger partial charge in [0.1, 0.15) is 0 Å². The minimum atomic E-state index is -0.0134. The average Bonchev–Trinajstić information content (AvgIpc) is 3.25. The van der Waals surface area contributed by atoms with Crippen molar-refractivity contribution in [2.75, 3.05) is 18.0 Å². The van der Waals surface area contributed by atoms with E-state index in [-0.39, 0.29) is 5.91 Å². The maximum Gasteiger partial charge on any atom is 0.251 e. The predicted molar refractivity (Wildman–Crippen MR) is 111 cm³/mol. The van der Waals surface area contributed by atoms with E-state index in [1.807, 2.05) is 22.9 Å². The van der Waals surface area contributed by atoms with Crippen LogP contribution in [0.15, 0.2) is 67.3 Å². The van der Waals surface area contributed by atoms with Gasteiger partial charge in [-0.3, -0.25) is 4.79 Å². The normalized spacial score (nSPS) is 13.2. The van der Waals surface area contributed by atoms with Gasteiger partial charge in [-0.25, -0.2) is 4.98 Å². The molecule has 1 aliphatic heterocycles. The minimum Gasteiger partial charge on any atom is -0.367 e. The number of rotatable bonds is 7. The molecule has 0 aliphatic carbocycles. The Morgan fingerprint density at radius 2 is 1.96 bits per heavy atom. The SMILES string of the molecule is O=C(NCCCn1ccnc1)c1ccc(CN2CCCc3ccccc32)cc1. The number of carbonyl (C=O) groups excluding carboxylic acids is 1. The van der Waals surface area contributed by atoms with Crippen LogP contribution in [0.25, 0.3) is 0 Å². The maximum absolute atomic E-state index is 12.3. The molecule has 0 atom stereocenters. The Kier molecular flexibility index (Phi) is 5.71. The first-order chi connectivity index (χ1) is 13.8. The lowest BCUT2D eigenvalue weighted by Crippen LogP contribution is -2.28. The molecule has 4 rings (SSSR count). The molecular weight excluding hydrogens is 348 g/mol. The second-order valence-corrected chi connectivity index (χ2v) is 7.26. The maximum atomic E-state index is 12.3. The van der Waals surface area contributed by atoms with Gasteiger partial charge >= 0.3 is 0 Å². The zero-order valence-electron chi connectivity index (χ0n) is 16.1. The molecule has 28 heavy (non-hydrogen) atoms. The van der Waals surface area contributed by atoms with Gasteiger partial charge in [0.15, 0.2) is 0 Å². The van der Waals surface area contributed by atoms with Gasteiger partial charge in [-0.1, -0.05) is 30.3 Å².